The van der Waals surface area contributed by atoms with E-state index in [1.165, 1.54) is 0 Å². The lowest BCUT2D eigenvalue weighted by Crippen LogP contribution is -2.31. The number of esters is 1. The number of nitrogens with one attached hydrogen (secondary N) is 1. The van der Waals surface area contributed by atoms with Crippen LogP contribution in [0, 0.1) is 0 Å². The second-order valence-electron chi connectivity index (χ2n) is 3.51. The summed E-state index contributed by atoms with van der Waals surface area (Å²) in [5.74, 6) is 0.0583. The number of hydrogen-bond donors (Lipinski definition) is 1. The van der Waals surface area contributed by atoms with E-state index in [0.29, 0.717) is 12.4 Å². The van der Waals surface area contributed by atoms with E-state index in [4.69, 9.17) is 9.47 Å². The molecule has 1 aromatic rings. The topological polar surface area (TPSA) is 64.6 Å². The minimum absolute atomic E-state index is 0.0627. The van der Waals surface area contributed by atoms with Crippen molar-refractivity contribution in [1.29, 1.82) is 0 Å². The van der Waals surface area contributed by atoms with Crippen LogP contribution in [0.1, 0.15) is 13.3 Å². The Kier molecular flexibility index (Phi) is 6.32. The Morgan fingerprint density at radius 2 is 1.94 bits per heavy atom. The van der Waals surface area contributed by atoms with E-state index in [1.807, 2.05) is 18.2 Å². The summed E-state index contributed by atoms with van der Waals surface area (Å²) in [6.45, 7) is 2.29. The van der Waals surface area contributed by atoms with Crippen molar-refractivity contribution in [1.82, 2.24) is 5.32 Å². The number of rotatable bonds is 7. The zero-order valence-electron chi connectivity index (χ0n) is 10.3. The molecule has 0 heterocycles. The van der Waals surface area contributed by atoms with Gasteiger partial charge in [0.2, 0.25) is 0 Å². The van der Waals surface area contributed by atoms with Gasteiger partial charge >= 0.3 is 5.97 Å². The van der Waals surface area contributed by atoms with E-state index in [9.17, 15) is 9.59 Å². The lowest BCUT2D eigenvalue weighted by molar-refractivity contribution is -0.143. The number of ether oxygens (including phenoxy) is 2. The fraction of sp³-hybridized carbons (Fsp3) is 0.385. The molecule has 0 saturated carbocycles. The molecule has 1 N–H and O–H groups in total. The summed E-state index contributed by atoms with van der Waals surface area (Å²) in [4.78, 5) is 22.4. The minimum Gasteiger partial charge on any atom is -0.484 e. The smallest absolute Gasteiger partial charge is 0.307 e. The van der Waals surface area contributed by atoms with Crippen LogP contribution in [0.25, 0.3) is 0 Å². The molecule has 0 aliphatic carbocycles. The Hall–Kier alpha value is -2.04. The molecule has 1 aromatic carbocycles. The third kappa shape index (κ3) is 5.89. The SMILES string of the molecule is CCOC(=O)CCNC(=O)COc1ccccc1. The Balaban J connectivity index is 2.13. The van der Waals surface area contributed by atoms with E-state index in [-0.39, 0.29) is 31.4 Å². The number of benzene rings is 1. The molecular formula is C13H17NO4. The lowest BCUT2D eigenvalue weighted by Gasteiger charge is -2.07. The van der Waals surface area contributed by atoms with Gasteiger partial charge in [-0.3, -0.25) is 9.59 Å². The van der Waals surface area contributed by atoms with E-state index < -0.39 is 0 Å². The Morgan fingerprint density at radius 3 is 2.61 bits per heavy atom. The van der Waals surface area contributed by atoms with Crippen molar-refractivity contribution in [2.45, 2.75) is 13.3 Å². The number of hydrogen-bond acceptors (Lipinski definition) is 4. The first kappa shape index (κ1) is 14.0. The van der Waals surface area contributed by atoms with Crippen molar-refractivity contribution in [3.63, 3.8) is 0 Å². The molecule has 0 aliphatic heterocycles. The first-order chi connectivity index (χ1) is 8.72. The monoisotopic (exact) mass is 251 g/mol. The van der Waals surface area contributed by atoms with Gasteiger partial charge in [0.15, 0.2) is 6.61 Å². The maximum Gasteiger partial charge on any atom is 0.307 e. The molecule has 5 nitrogen and oxygen atoms in total. The van der Waals surface area contributed by atoms with Gasteiger partial charge in [-0.2, -0.15) is 0 Å². The second-order valence-corrected chi connectivity index (χ2v) is 3.51. The molecule has 5 heteroatoms. The minimum atomic E-state index is -0.318. The fourth-order valence-electron chi connectivity index (χ4n) is 1.25. The Morgan fingerprint density at radius 1 is 1.22 bits per heavy atom. The van der Waals surface area contributed by atoms with Crippen LogP contribution in [0.4, 0.5) is 0 Å². The van der Waals surface area contributed by atoms with Crippen LogP contribution in [0.5, 0.6) is 5.75 Å². The molecule has 0 saturated heterocycles. The molecule has 0 atom stereocenters. The largest absolute Gasteiger partial charge is 0.484 e. The van der Waals surface area contributed by atoms with E-state index in [0.717, 1.165) is 0 Å². The first-order valence-electron chi connectivity index (χ1n) is 5.82. The standard InChI is InChI=1S/C13H17NO4/c1-2-17-13(16)8-9-14-12(15)10-18-11-6-4-3-5-7-11/h3-7H,2,8-10H2,1H3,(H,14,15). The molecule has 0 aromatic heterocycles. The highest BCUT2D eigenvalue weighted by atomic mass is 16.5. The molecule has 1 amide bonds. The molecule has 18 heavy (non-hydrogen) atoms. The van der Waals surface area contributed by atoms with Crippen LogP contribution < -0.4 is 10.1 Å². The Bertz CT molecular complexity index is 378. The van der Waals surface area contributed by atoms with E-state index in [1.54, 1.807) is 19.1 Å². The molecular weight excluding hydrogens is 234 g/mol. The number of para-hydroxylation sites is 1. The van der Waals surface area contributed by atoms with Gasteiger partial charge in [0.1, 0.15) is 5.75 Å². The average Bonchev–Trinajstić information content (AvgIpc) is 2.38. The van der Waals surface area contributed by atoms with Gasteiger partial charge in [-0.05, 0) is 19.1 Å². The van der Waals surface area contributed by atoms with Gasteiger partial charge < -0.3 is 14.8 Å². The molecule has 0 fully saturated rings. The molecule has 0 radical (unpaired) electrons. The number of carbonyl (C=O) groups excluding carboxylic acids is 2. The van der Waals surface area contributed by atoms with Crippen molar-refractivity contribution in [2.24, 2.45) is 0 Å². The molecule has 1 rings (SSSR count). The quantitative estimate of drug-likeness (QED) is 0.738. The van der Waals surface area contributed by atoms with Crippen molar-refractivity contribution < 1.29 is 19.1 Å². The molecule has 0 aliphatic rings. The number of carbonyl (C=O) groups is 2. The maximum atomic E-state index is 11.4. The predicted molar refractivity (Wildman–Crippen MR) is 66.2 cm³/mol. The van der Waals surface area contributed by atoms with Crippen LogP contribution in [0.15, 0.2) is 30.3 Å². The summed E-state index contributed by atoms with van der Waals surface area (Å²) in [7, 11) is 0. The summed E-state index contributed by atoms with van der Waals surface area (Å²) >= 11 is 0. The van der Waals surface area contributed by atoms with Gasteiger partial charge in [-0.15, -0.1) is 0 Å². The van der Waals surface area contributed by atoms with Crippen LogP contribution in [-0.4, -0.2) is 31.6 Å². The van der Waals surface area contributed by atoms with Gasteiger partial charge in [0.25, 0.3) is 5.91 Å². The third-order valence-corrected chi connectivity index (χ3v) is 2.07. The summed E-state index contributed by atoms with van der Waals surface area (Å²) in [5.41, 5.74) is 0. The lowest BCUT2D eigenvalue weighted by atomic mass is 10.3. The van der Waals surface area contributed by atoms with E-state index in [2.05, 4.69) is 5.32 Å². The third-order valence-electron chi connectivity index (χ3n) is 2.07. The fourth-order valence-corrected chi connectivity index (χ4v) is 1.25. The first-order valence-corrected chi connectivity index (χ1v) is 5.82. The highest BCUT2D eigenvalue weighted by molar-refractivity contribution is 5.78. The van der Waals surface area contributed by atoms with Crippen LogP contribution in [0.3, 0.4) is 0 Å². The predicted octanol–water partition coefficient (Wildman–Crippen LogP) is 1.13. The highest BCUT2D eigenvalue weighted by Gasteiger charge is 2.05. The van der Waals surface area contributed by atoms with Gasteiger partial charge in [-0.25, -0.2) is 0 Å². The van der Waals surface area contributed by atoms with Crippen molar-refractivity contribution >= 4 is 11.9 Å². The van der Waals surface area contributed by atoms with Crippen molar-refractivity contribution in [3.05, 3.63) is 30.3 Å². The Labute approximate surface area is 106 Å². The van der Waals surface area contributed by atoms with Gasteiger partial charge in [-0.1, -0.05) is 18.2 Å². The molecule has 0 spiro atoms. The summed E-state index contributed by atoms with van der Waals surface area (Å²) in [6, 6.07) is 9.06. The maximum absolute atomic E-state index is 11.4. The molecule has 98 valence electrons. The van der Waals surface area contributed by atoms with Crippen LogP contribution in [0.2, 0.25) is 0 Å². The normalized spacial score (nSPS) is 9.61. The van der Waals surface area contributed by atoms with E-state index >= 15 is 0 Å². The van der Waals surface area contributed by atoms with Gasteiger partial charge in [0.05, 0.1) is 13.0 Å². The van der Waals surface area contributed by atoms with Crippen molar-refractivity contribution in [3.8, 4) is 5.75 Å². The summed E-state index contributed by atoms with van der Waals surface area (Å²) < 4.78 is 9.98. The van der Waals surface area contributed by atoms with Gasteiger partial charge in [0, 0.05) is 6.54 Å². The summed E-state index contributed by atoms with van der Waals surface area (Å²) in [5, 5.41) is 2.58. The summed E-state index contributed by atoms with van der Waals surface area (Å²) in [6.07, 6.45) is 0.172. The van der Waals surface area contributed by atoms with Crippen LogP contribution >= 0.6 is 0 Å². The molecule has 0 bridgehead atoms. The number of amides is 1. The average molecular weight is 251 g/mol. The van der Waals surface area contributed by atoms with Crippen LogP contribution in [-0.2, 0) is 14.3 Å². The zero-order valence-corrected chi connectivity index (χ0v) is 10.3. The zero-order chi connectivity index (χ0) is 13.2. The second kappa shape index (κ2) is 8.11. The molecule has 0 unspecified atom stereocenters. The van der Waals surface area contributed by atoms with Crippen molar-refractivity contribution in [2.75, 3.05) is 19.8 Å². The highest BCUT2D eigenvalue weighted by Crippen LogP contribution is 2.07.